The van der Waals surface area contributed by atoms with Gasteiger partial charge in [0, 0.05) is 16.6 Å². The third-order valence-corrected chi connectivity index (χ3v) is 3.37. The van der Waals surface area contributed by atoms with Gasteiger partial charge in [-0.25, -0.2) is 0 Å². The maximum Gasteiger partial charge on any atom is 0.187 e. The van der Waals surface area contributed by atoms with Gasteiger partial charge < -0.3 is 9.73 Å². The zero-order valence-corrected chi connectivity index (χ0v) is 14.4. The fraction of sp³-hybridized carbons (Fsp3) is 0.200. The topological polar surface area (TPSA) is 49.6 Å². The summed E-state index contributed by atoms with van der Waals surface area (Å²) in [5.41, 5.74) is 3.45. The average Bonchev–Trinajstić information content (AvgIpc) is 2.89. The van der Waals surface area contributed by atoms with Crippen molar-refractivity contribution in [3.05, 3.63) is 46.1 Å². The third-order valence-electron chi connectivity index (χ3n) is 2.60. The monoisotopic (exact) mass is 355 g/mol. The van der Waals surface area contributed by atoms with E-state index in [0.717, 1.165) is 5.56 Å². The number of halogens is 2. The van der Waals surface area contributed by atoms with Crippen molar-refractivity contribution in [3.63, 3.8) is 0 Å². The van der Waals surface area contributed by atoms with Gasteiger partial charge in [-0.15, -0.1) is 0 Å². The number of rotatable bonds is 4. The lowest BCUT2D eigenvalue weighted by Crippen LogP contribution is -2.36. The van der Waals surface area contributed by atoms with Crippen LogP contribution in [-0.2, 0) is 0 Å². The highest BCUT2D eigenvalue weighted by molar-refractivity contribution is 7.80. The van der Waals surface area contributed by atoms with E-state index in [1.54, 1.807) is 24.3 Å². The molecule has 116 valence electrons. The smallest absolute Gasteiger partial charge is 0.187 e. The Balaban J connectivity index is 2.05. The summed E-state index contributed by atoms with van der Waals surface area (Å²) in [5.74, 6) is 1.20. The van der Waals surface area contributed by atoms with Crippen molar-refractivity contribution in [2.45, 2.75) is 19.9 Å². The van der Waals surface area contributed by atoms with E-state index in [9.17, 15) is 0 Å². The first-order valence-electron chi connectivity index (χ1n) is 6.60. The molecule has 0 bridgehead atoms. The van der Waals surface area contributed by atoms with Gasteiger partial charge in [0.25, 0.3) is 0 Å². The van der Waals surface area contributed by atoms with Gasteiger partial charge in [0.1, 0.15) is 11.5 Å². The van der Waals surface area contributed by atoms with Gasteiger partial charge in [0.2, 0.25) is 0 Å². The molecule has 0 aliphatic carbocycles. The fourth-order valence-corrected chi connectivity index (χ4v) is 2.37. The predicted octanol–water partition coefficient (Wildman–Crippen LogP) is 4.46. The molecule has 22 heavy (non-hydrogen) atoms. The van der Waals surface area contributed by atoms with Crippen LogP contribution in [-0.4, -0.2) is 17.4 Å². The van der Waals surface area contributed by atoms with Gasteiger partial charge in [-0.2, -0.15) is 5.10 Å². The maximum absolute atomic E-state index is 6.14. The predicted molar refractivity (Wildman–Crippen MR) is 95.8 cm³/mol. The summed E-state index contributed by atoms with van der Waals surface area (Å²) in [7, 11) is 0. The standard InChI is InChI=1S/C15H15Cl2N3OS/c1-9(2)19-15(22)20-18-8-11-4-6-14(21-11)12-7-10(16)3-5-13(12)17/h3-9H,1-2H3,(H2,19,20,22)/b18-8+. The minimum Gasteiger partial charge on any atom is -0.455 e. The number of furan rings is 1. The Bertz CT molecular complexity index is 698. The van der Waals surface area contributed by atoms with Crippen molar-refractivity contribution >= 4 is 46.7 Å². The number of hydrogen-bond donors (Lipinski definition) is 2. The van der Waals surface area contributed by atoms with E-state index < -0.39 is 0 Å². The molecule has 1 heterocycles. The molecule has 0 aliphatic heterocycles. The van der Waals surface area contributed by atoms with Crippen molar-refractivity contribution in [1.29, 1.82) is 0 Å². The zero-order chi connectivity index (χ0) is 16.1. The SMILES string of the molecule is CC(C)NC(=S)N/N=C/c1ccc(-c2cc(Cl)ccc2Cl)o1. The summed E-state index contributed by atoms with van der Waals surface area (Å²) in [6, 6.07) is 9.05. The number of benzene rings is 1. The second-order valence-corrected chi connectivity index (χ2v) is 6.08. The Hall–Kier alpha value is -1.56. The summed E-state index contributed by atoms with van der Waals surface area (Å²) in [4.78, 5) is 0. The maximum atomic E-state index is 6.14. The minimum atomic E-state index is 0.246. The zero-order valence-electron chi connectivity index (χ0n) is 12.1. The van der Waals surface area contributed by atoms with Crippen LogP contribution in [0.1, 0.15) is 19.6 Å². The summed E-state index contributed by atoms with van der Waals surface area (Å²) in [6.45, 7) is 3.98. The van der Waals surface area contributed by atoms with E-state index in [2.05, 4.69) is 15.8 Å². The lowest BCUT2D eigenvalue weighted by molar-refractivity contribution is 0.574. The molecule has 0 unspecified atom stereocenters. The number of hydrazone groups is 1. The molecule has 0 amide bonds. The normalized spacial score (nSPS) is 11.1. The van der Waals surface area contributed by atoms with Crippen LogP contribution < -0.4 is 10.7 Å². The first-order chi connectivity index (χ1) is 10.5. The average molecular weight is 356 g/mol. The molecule has 0 radical (unpaired) electrons. The quantitative estimate of drug-likeness (QED) is 0.482. The Morgan fingerprint density at radius 3 is 2.77 bits per heavy atom. The van der Waals surface area contributed by atoms with Gasteiger partial charge >= 0.3 is 0 Å². The second kappa shape index (κ2) is 7.63. The summed E-state index contributed by atoms with van der Waals surface area (Å²) < 4.78 is 5.67. The molecular weight excluding hydrogens is 341 g/mol. The van der Waals surface area contributed by atoms with Crippen LogP contribution in [0.25, 0.3) is 11.3 Å². The first kappa shape index (κ1) is 16.8. The van der Waals surface area contributed by atoms with Crippen LogP contribution in [0.2, 0.25) is 10.0 Å². The molecule has 2 aromatic rings. The van der Waals surface area contributed by atoms with Crippen LogP contribution in [0.15, 0.2) is 39.9 Å². The molecule has 2 rings (SSSR count). The van der Waals surface area contributed by atoms with Crippen LogP contribution in [0.4, 0.5) is 0 Å². The Kier molecular flexibility index (Phi) is 5.83. The number of thiocarbonyl (C=S) groups is 1. The first-order valence-corrected chi connectivity index (χ1v) is 7.77. The molecule has 4 nitrogen and oxygen atoms in total. The van der Waals surface area contributed by atoms with Crippen molar-refractivity contribution < 1.29 is 4.42 Å². The van der Waals surface area contributed by atoms with Crippen LogP contribution >= 0.6 is 35.4 Å². The van der Waals surface area contributed by atoms with Crippen molar-refractivity contribution in [2.24, 2.45) is 5.10 Å². The lowest BCUT2D eigenvalue weighted by atomic mass is 10.2. The third kappa shape index (κ3) is 4.73. The van der Waals surface area contributed by atoms with Gasteiger partial charge in [-0.05, 0) is 56.4 Å². The van der Waals surface area contributed by atoms with E-state index in [4.69, 9.17) is 39.8 Å². The second-order valence-electron chi connectivity index (χ2n) is 4.82. The Labute approximate surface area is 144 Å². The molecule has 0 fully saturated rings. The van der Waals surface area contributed by atoms with E-state index in [1.807, 2.05) is 19.9 Å². The highest BCUT2D eigenvalue weighted by Crippen LogP contribution is 2.31. The van der Waals surface area contributed by atoms with Gasteiger partial charge in [-0.1, -0.05) is 23.2 Å². The van der Waals surface area contributed by atoms with Crippen molar-refractivity contribution in [3.8, 4) is 11.3 Å². The van der Waals surface area contributed by atoms with E-state index in [1.165, 1.54) is 6.21 Å². The molecule has 7 heteroatoms. The van der Waals surface area contributed by atoms with Crippen LogP contribution in [0.3, 0.4) is 0 Å². The van der Waals surface area contributed by atoms with Crippen LogP contribution in [0, 0.1) is 0 Å². The highest BCUT2D eigenvalue weighted by Gasteiger charge is 2.08. The molecule has 0 spiro atoms. The minimum absolute atomic E-state index is 0.246. The van der Waals surface area contributed by atoms with Gasteiger partial charge in [-0.3, -0.25) is 5.43 Å². The molecule has 0 saturated carbocycles. The Morgan fingerprint density at radius 2 is 2.05 bits per heavy atom. The molecule has 0 saturated heterocycles. The van der Waals surface area contributed by atoms with Crippen molar-refractivity contribution in [2.75, 3.05) is 0 Å². The van der Waals surface area contributed by atoms with E-state index >= 15 is 0 Å². The lowest BCUT2D eigenvalue weighted by Gasteiger charge is -2.09. The molecule has 0 aliphatic rings. The molecule has 2 N–H and O–H groups in total. The number of hydrogen-bond acceptors (Lipinski definition) is 3. The largest absolute Gasteiger partial charge is 0.455 e. The summed E-state index contributed by atoms with van der Waals surface area (Å²) >= 11 is 17.2. The molecule has 1 aromatic heterocycles. The summed E-state index contributed by atoms with van der Waals surface area (Å²) in [6.07, 6.45) is 1.54. The number of nitrogens with zero attached hydrogens (tertiary/aromatic N) is 1. The highest BCUT2D eigenvalue weighted by atomic mass is 35.5. The van der Waals surface area contributed by atoms with E-state index in [-0.39, 0.29) is 6.04 Å². The number of nitrogens with one attached hydrogen (secondary N) is 2. The van der Waals surface area contributed by atoms with Gasteiger partial charge in [0.05, 0.1) is 11.2 Å². The molecule has 1 aromatic carbocycles. The van der Waals surface area contributed by atoms with E-state index in [0.29, 0.717) is 26.7 Å². The fourth-order valence-electron chi connectivity index (χ4n) is 1.70. The Morgan fingerprint density at radius 1 is 1.27 bits per heavy atom. The van der Waals surface area contributed by atoms with Crippen molar-refractivity contribution in [1.82, 2.24) is 10.7 Å². The van der Waals surface area contributed by atoms with Crippen LogP contribution in [0.5, 0.6) is 0 Å². The molecular formula is C15H15Cl2N3OS. The molecule has 0 atom stereocenters. The summed E-state index contributed by atoms with van der Waals surface area (Å²) in [5, 5.41) is 8.65. The van der Waals surface area contributed by atoms with Gasteiger partial charge in [0.15, 0.2) is 5.11 Å².